The van der Waals surface area contributed by atoms with Crippen molar-refractivity contribution < 1.29 is 19.3 Å². The Morgan fingerprint density at radius 3 is 2.63 bits per heavy atom. The van der Waals surface area contributed by atoms with Crippen molar-refractivity contribution in [1.82, 2.24) is 9.80 Å². The van der Waals surface area contributed by atoms with E-state index in [0.29, 0.717) is 18.8 Å². The van der Waals surface area contributed by atoms with Gasteiger partial charge in [0.1, 0.15) is 5.76 Å². The Morgan fingerprint density at radius 2 is 2.05 bits per heavy atom. The molecule has 1 amide bonds. The molecule has 0 atom stereocenters. The Morgan fingerprint density at radius 1 is 1.37 bits per heavy atom. The van der Waals surface area contributed by atoms with E-state index in [4.69, 9.17) is 9.62 Å². The number of likely N-dealkylation sites (N-methyl/N-ethyl adjacent to an activating group) is 1. The molecular weight excluding hydrogens is 250 g/mol. The number of amides is 1. The van der Waals surface area contributed by atoms with Gasteiger partial charge in [-0.25, -0.2) is 5.21 Å². The molecule has 1 aromatic heterocycles. The second kappa shape index (κ2) is 5.66. The van der Waals surface area contributed by atoms with Crippen LogP contribution in [-0.4, -0.2) is 59.1 Å². The van der Waals surface area contributed by atoms with Crippen molar-refractivity contribution in [1.29, 1.82) is 0 Å². The molecule has 1 N–H and O–H groups in total. The molecule has 0 bridgehead atoms. The third kappa shape index (κ3) is 3.41. The molecule has 0 unspecified atom stereocenters. The molecule has 1 aliphatic rings. The third-order valence-electron chi connectivity index (χ3n) is 3.01. The number of hydrogen-bond donors (Lipinski definition) is 1. The molecule has 2 heterocycles. The molecule has 1 saturated heterocycles. The Kier molecular flexibility index (Phi) is 3.96. The summed E-state index contributed by atoms with van der Waals surface area (Å²) in [5.74, 6) is 0.0353. The van der Waals surface area contributed by atoms with Crippen LogP contribution < -0.4 is 0 Å². The standard InChI is InChI=1S/C12H16N3O4/c1-13-6-8-14(9-7-13)11(16)4-2-10-3-5-12(19-10)15(17)18/h2-5H,6-9H2,1H3,(H,17,18)/q+1/b4-2+. The zero-order valence-electron chi connectivity index (χ0n) is 10.7. The molecule has 7 heteroatoms. The second-order valence-corrected chi connectivity index (χ2v) is 4.41. The smallest absolute Gasteiger partial charge is 0.398 e. The first kappa shape index (κ1) is 13.3. The van der Waals surface area contributed by atoms with E-state index in [9.17, 15) is 9.70 Å². The molecule has 0 spiro atoms. The maximum atomic E-state index is 11.9. The minimum atomic E-state index is -0.361. The predicted octanol–water partition coefficient (Wildman–Crippen LogP) is 0.866. The van der Waals surface area contributed by atoms with Crippen molar-refractivity contribution >= 4 is 17.9 Å². The fourth-order valence-electron chi connectivity index (χ4n) is 1.82. The van der Waals surface area contributed by atoms with E-state index in [2.05, 4.69) is 4.90 Å². The van der Waals surface area contributed by atoms with Gasteiger partial charge in [-0.15, -0.1) is 0 Å². The molecule has 1 fully saturated rings. The minimum absolute atomic E-state index is 0.0889. The van der Waals surface area contributed by atoms with Crippen LogP contribution in [0.2, 0.25) is 0 Å². The maximum absolute atomic E-state index is 11.9. The largest absolute Gasteiger partial charge is 0.480 e. The molecule has 1 aromatic rings. The van der Waals surface area contributed by atoms with Crippen LogP contribution in [-0.2, 0) is 4.79 Å². The normalized spacial score (nSPS) is 17.0. The van der Waals surface area contributed by atoms with Gasteiger partial charge in [-0.05, 0) is 19.2 Å². The molecule has 7 nitrogen and oxygen atoms in total. The first-order valence-electron chi connectivity index (χ1n) is 5.98. The maximum Gasteiger partial charge on any atom is 0.480 e. The highest BCUT2D eigenvalue weighted by Gasteiger charge is 2.18. The topological polar surface area (TPSA) is 77.0 Å². The van der Waals surface area contributed by atoms with Gasteiger partial charge in [0.15, 0.2) is 0 Å². The minimum Gasteiger partial charge on any atom is -0.398 e. The van der Waals surface area contributed by atoms with Gasteiger partial charge in [-0.3, -0.25) is 4.79 Å². The van der Waals surface area contributed by atoms with Gasteiger partial charge in [0.2, 0.25) is 5.91 Å². The number of rotatable bonds is 3. The van der Waals surface area contributed by atoms with Crippen LogP contribution in [0.1, 0.15) is 5.76 Å². The SMILES string of the molecule is CN1CCN(C(=O)/C=C/c2ccc([N+](=O)O)o2)CC1. The van der Waals surface area contributed by atoms with Gasteiger partial charge >= 0.3 is 5.88 Å². The Hall–Kier alpha value is -2.15. The monoisotopic (exact) mass is 266 g/mol. The Bertz CT molecular complexity index is 501. The van der Waals surface area contributed by atoms with E-state index >= 15 is 0 Å². The quantitative estimate of drug-likeness (QED) is 0.648. The number of hydrogen-bond acceptors (Lipinski definition) is 4. The fraction of sp³-hybridized carbons (Fsp3) is 0.417. The first-order valence-corrected chi connectivity index (χ1v) is 5.98. The molecular formula is C12H16N3O4+. The summed E-state index contributed by atoms with van der Waals surface area (Å²) < 4.78 is 5.00. The van der Waals surface area contributed by atoms with Crippen LogP contribution in [0.3, 0.4) is 0 Å². The van der Waals surface area contributed by atoms with Gasteiger partial charge in [-0.2, -0.15) is 0 Å². The molecule has 1 aliphatic heterocycles. The van der Waals surface area contributed by atoms with Crippen molar-refractivity contribution in [3.8, 4) is 0 Å². The van der Waals surface area contributed by atoms with E-state index in [-0.39, 0.29) is 16.7 Å². The van der Waals surface area contributed by atoms with Crippen molar-refractivity contribution in [2.24, 2.45) is 0 Å². The van der Waals surface area contributed by atoms with E-state index in [1.165, 1.54) is 24.3 Å². The van der Waals surface area contributed by atoms with Crippen LogP contribution in [0.15, 0.2) is 22.6 Å². The summed E-state index contributed by atoms with van der Waals surface area (Å²) in [5.41, 5.74) is 0. The molecule has 2 rings (SSSR count). The Balaban J connectivity index is 1.94. The van der Waals surface area contributed by atoms with Crippen molar-refractivity contribution in [3.63, 3.8) is 0 Å². The highest BCUT2D eigenvalue weighted by Crippen LogP contribution is 2.16. The predicted molar refractivity (Wildman–Crippen MR) is 66.9 cm³/mol. The summed E-state index contributed by atoms with van der Waals surface area (Å²) in [7, 11) is 2.02. The number of piperazine rings is 1. The average Bonchev–Trinajstić information content (AvgIpc) is 2.86. The molecule has 102 valence electrons. The fourth-order valence-corrected chi connectivity index (χ4v) is 1.82. The van der Waals surface area contributed by atoms with Crippen LogP contribution in [0, 0.1) is 4.91 Å². The van der Waals surface area contributed by atoms with Crippen molar-refractivity contribution in [2.45, 2.75) is 0 Å². The number of nitrogens with zero attached hydrogens (tertiary/aromatic N) is 3. The summed E-state index contributed by atoms with van der Waals surface area (Å²) in [6, 6.07) is 2.83. The number of furan rings is 1. The molecule has 0 radical (unpaired) electrons. The van der Waals surface area contributed by atoms with Gasteiger partial charge in [0, 0.05) is 32.3 Å². The summed E-state index contributed by atoms with van der Waals surface area (Å²) in [5, 5.41) is 8.62. The molecule has 0 aliphatic carbocycles. The lowest BCUT2D eigenvalue weighted by atomic mass is 10.3. The number of carbonyl (C=O) groups is 1. The first-order chi connectivity index (χ1) is 9.06. The van der Waals surface area contributed by atoms with Gasteiger partial charge < -0.3 is 14.2 Å². The number of carbonyl (C=O) groups excluding carboxylic acids is 1. The van der Waals surface area contributed by atoms with E-state index in [1.807, 2.05) is 7.05 Å². The second-order valence-electron chi connectivity index (χ2n) is 4.41. The van der Waals surface area contributed by atoms with E-state index < -0.39 is 0 Å². The average molecular weight is 266 g/mol. The summed E-state index contributed by atoms with van der Waals surface area (Å²) in [6.07, 6.45) is 2.88. The lowest BCUT2D eigenvalue weighted by Crippen LogP contribution is -2.46. The zero-order valence-corrected chi connectivity index (χ0v) is 10.7. The van der Waals surface area contributed by atoms with Crippen molar-refractivity contribution in [2.75, 3.05) is 33.2 Å². The molecule has 19 heavy (non-hydrogen) atoms. The van der Waals surface area contributed by atoms with Gasteiger partial charge in [0.05, 0.1) is 11.0 Å². The Labute approximate surface area is 110 Å². The van der Waals surface area contributed by atoms with Gasteiger partial charge in [-0.1, -0.05) is 0 Å². The lowest BCUT2D eigenvalue weighted by Gasteiger charge is -2.31. The van der Waals surface area contributed by atoms with Gasteiger partial charge in [0.25, 0.3) is 4.92 Å². The van der Waals surface area contributed by atoms with Crippen molar-refractivity contribution in [3.05, 3.63) is 28.9 Å². The lowest BCUT2D eigenvalue weighted by molar-refractivity contribution is -0.737. The van der Waals surface area contributed by atoms with Crippen LogP contribution in [0.4, 0.5) is 5.88 Å². The molecule has 0 aromatic carbocycles. The van der Waals surface area contributed by atoms with Crippen LogP contribution >= 0.6 is 0 Å². The highest BCUT2D eigenvalue weighted by molar-refractivity contribution is 5.91. The third-order valence-corrected chi connectivity index (χ3v) is 3.01. The summed E-state index contributed by atoms with van der Waals surface area (Å²) in [6.45, 7) is 3.13. The van der Waals surface area contributed by atoms with Crippen LogP contribution in [0.25, 0.3) is 6.08 Å². The highest BCUT2D eigenvalue weighted by atomic mass is 16.6. The van der Waals surface area contributed by atoms with E-state index in [0.717, 1.165) is 13.1 Å². The summed E-state index contributed by atoms with van der Waals surface area (Å²) in [4.78, 5) is 26.0. The van der Waals surface area contributed by atoms with Crippen LogP contribution in [0.5, 0.6) is 0 Å². The van der Waals surface area contributed by atoms with E-state index in [1.54, 1.807) is 4.90 Å². The summed E-state index contributed by atoms with van der Waals surface area (Å²) >= 11 is 0. The molecule has 0 saturated carbocycles. The zero-order chi connectivity index (χ0) is 13.8.